The van der Waals surface area contributed by atoms with Crippen LogP contribution < -0.4 is 4.74 Å². The molecule has 0 bridgehead atoms. The van der Waals surface area contributed by atoms with Crippen LogP contribution in [0.5, 0.6) is 5.75 Å². The van der Waals surface area contributed by atoms with Crippen molar-refractivity contribution in [2.45, 2.75) is 12.3 Å². The molecule has 0 fully saturated rings. The van der Waals surface area contributed by atoms with Crippen LogP contribution in [0.15, 0.2) is 39.2 Å². The summed E-state index contributed by atoms with van der Waals surface area (Å²) in [5, 5.41) is -0.351. The number of methoxy groups -OCH3 is 1. The summed E-state index contributed by atoms with van der Waals surface area (Å²) < 4.78 is 11.8. The molecule has 0 amide bonds. The van der Waals surface area contributed by atoms with Gasteiger partial charge < -0.3 is 9.15 Å². The molecule has 0 N–H and O–H groups in total. The molecule has 1 aromatic carbocycles. The normalized spacial score (nSPS) is 12.5. The van der Waals surface area contributed by atoms with Crippen molar-refractivity contribution in [3.63, 3.8) is 0 Å². The van der Waals surface area contributed by atoms with Crippen LogP contribution in [0, 0.1) is 6.92 Å². The van der Waals surface area contributed by atoms with Crippen molar-refractivity contribution in [3.8, 4) is 5.75 Å². The second-order valence-electron chi connectivity index (χ2n) is 3.70. The summed E-state index contributed by atoms with van der Waals surface area (Å²) in [6.45, 7) is 1.89. The molecule has 1 atom stereocenters. The lowest BCUT2D eigenvalue weighted by Crippen LogP contribution is -1.96. The summed E-state index contributed by atoms with van der Waals surface area (Å²) in [7, 11) is 1.63. The lowest BCUT2D eigenvalue weighted by atomic mass is 10.1. The van der Waals surface area contributed by atoms with E-state index < -0.39 is 0 Å². The molecule has 2 rings (SSSR count). The highest BCUT2D eigenvalue weighted by atomic mass is 79.9. The Morgan fingerprint density at radius 2 is 2.06 bits per heavy atom. The smallest absolute Gasteiger partial charge is 0.126 e. The molecule has 0 aliphatic carbocycles. The fourth-order valence-electron chi connectivity index (χ4n) is 1.65. The highest BCUT2D eigenvalue weighted by Gasteiger charge is 2.19. The van der Waals surface area contributed by atoms with Crippen molar-refractivity contribution in [1.82, 2.24) is 0 Å². The summed E-state index contributed by atoms with van der Waals surface area (Å²) in [4.78, 5) is 0. The van der Waals surface area contributed by atoms with Crippen LogP contribution in [0.3, 0.4) is 0 Å². The maximum atomic E-state index is 6.41. The molecule has 0 aliphatic heterocycles. The number of halogens is 2. The van der Waals surface area contributed by atoms with Gasteiger partial charge in [-0.3, -0.25) is 0 Å². The van der Waals surface area contributed by atoms with Gasteiger partial charge in [0, 0.05) is 10.0 Å². The first kappa shape index (κ1) is 12.5. The molecule has 1 heterocycles. The van der Waals surface area contributed by atoms with Gasteiger partial charge in [0.05, 0.1) is 7.11 Å². The zero-order valence-corrected chi connectivity index (χ0v) is 11.9. The first-order chi connectivity index (χ1) is 8.11. The van der Waals surface area contributed by atoms with E-state index in [0.717, 1.165) is 27.3 Å². The van der Waals surface area contributed by atoms with Crippen LogP contribution >= 0.6 is 27.5 Å². The van der Waals surface area contributed by atoms with E-state index in [2.05, 4.69) is 15.9 Å². The molecule has 0 saturated carbocycles. The minimum atomic E-state index is -0.351. The van der Waals surface area contributed by atoms with Crippen LogP contribution in [0.2, 0.25) is 0 Å². The second kappa shape index (κ2) is 5.15. The Hall–Kier alpha value is -0.930. The first-order valence-electron chi connectivity index (χ1n) is 5.15. The number of benzene rings is 1. The van der Waals surface area contributed by atoms with E-state index >= 15 is 0 Å². The fourth-order valence-corrected chi connectivity index (χ4v) is 2.31. The van der Waals surface area contributed by atoms with Crippen molar-refractivity contribution >= 4 is 27.5 Å². The van der Waals surface area contributed by atoms with Crippen molar-refractivity contribution in [3.05, 3.63) is 51.9 Å². The van der Waals surface area contributed by atoms with Gasteiger partial charge in [0.25, 0.3) is 0 Å². The maximum absolute atomic E-state index is 6.41. The molecule has 1 aromatic heterocycles. The van der Waals surface area contributed by atoms with Crippen LogP contribution in [-0.4, -0.2) is 7.11 Å². The second-order valence-corrected chi connectivity index (χ2v) is 5.05. The van der Waals surface area contributed by atoms with Gasteiger partial charge >= 0.3 is 0 Å². The van der Waals surface area contributed by atoms with Crippen molar-refractivity contribution in [1.29, 1.82) is 0 Å². The monoisotopic (exact) mass is 314 g/mol. The molecule has 1 unspecified atom stereocenters. The zero-order chi connectivity index (χ0) is 12.4. The number of ether oxygens (including phenoxy) is 1. The molecule has 2 aromatic rings. The van der Waals surface area contributed by atoms with Crippen molar-refractivity contribution in [2.75, 3.05) is 7.11 Å². The molecule has 90 valence electrons. The zero-order valence-electron chi connectivity index (χ0n) is 9.54. The Labute approximate surface area is 114 Å². The molecule has 0 saturated heterocycles. The van der Waals surface area contributed by atoms with Gasteiger partial charge in [0.15, 0.2) is 0 Å². The Balaban J connectivity index is 2.42. The van der Waals surface area contributed by atoms with Crippen molar-refractivity contribution < 1.29 is 9.15 Å². The number of alkyl halides is 1. The SMILES string of the molecule is COc1ccc(Br)cc1C(Cl)c1ccc(C)o1. The third-order valence-electron chi connectivity index (χ3n) is 2.48. The van der Waals surface area contributed by atoms with Gasteiger partial charge in [-0.25, -0.2) is 0 Å². The van der Waals surface area contributed by atoms with E-state index in [0.29, 0.717) is 0 Å². The average Bonchev–Trinajstić information content (AvgIpc) is 2.75. The summed E-state index contributed by atoms with van der Waals surface area (Å²) in [5.41, 5.74) is 0.887. The number of hydrogen-bond donors (Lipinski definition) is 0. The Morgan fingerprint density at radius 3 is 2.65 bits per heavy atom. The predicted molar refractivity (Wildman–Crippen MR) is 71.8 cm³/mol. The predicted octanol–water partition coefficient (Wildman–Crippen LogP) is 4.69. The molecule has 0 radical (unpaired) electrons. The van der Waals surface area contributed by atoms with Gasteiger partial charge in [-0.05, 0) is 37.3 Å². The van der Waals surface area contributed by atoms with Crippen LogP contribution in [-0.2, 0) is 0 Å². The highest BCUT2D eigenvalue weighted by Crippen LogP contribution is 2.37. The standard InChI is InChI=1S/C13H12BrClO2/c1-8-3-5-12(17-8)13(15)10-7-9(14)4-6-11(10)16-2/h3-7,13H,1-2H3. The number of rotatable bonds is 3. The third-order valence-corrected chi connectivity index (χ3v) is 3.42. The Morgan fingerprint density at radius 1 is 1.29 bits per heavy atom. The summed E-state index contributed by atoms with van der Waals surface area (Å²) in [6, 6.07) is 9.51. The van der Waals surface area contributed by atoms with E-state index in [-0.39, 0.29) is 5.38 Å². The van der Waals surface area contributed by atoms with E-state index in [1.54, 1.807) is 7.11 Å². The van der Waals surface area contributed by atoms with Crippen LogP contribution in [0.4, 0.5) is 0 Å². The number of furan rings is 1. The lowest BCUT2D eigenvalue weighted by Gasteiger charge is -2.12. The third kappa shape index (κ3) is 2.67. The van der Waals surface area contributed by atoms with Gasteiger partial charge in [-0.15, -0.1) is 11.6 Å². The van der Waals surface area contributed by atoms with E-state index in [9.17, 15) is 0 Å². The first-order valence-corrected chi connectivity index (χ1v) is 6.38. The summed E-state index contributed by atoms with van der Waals surface area (Å²) in [6.07, 6.45) is 0. The Bertz CT molecular complexity index is 522. The molecule has 0 aliphatic rings. The minimum absolute atomic E-state index is 0.351. The molecule has 2 nitrogen and oxygen atoms in total. The van der Waals surface area contributed by atoms with Gasteiger partial charge in [-0.1, -0.05) is 15.9 Å². The number of hydrogen-bond acceptors (Lipinski definition) is 2. The summed E-state index contributed by atoms with van der Waals surface area (Å²) >= 11 is 9.83. The topological polar surface area (TPSA) is 22.4 Å². The number of aryl methyl sites for hydroxylation is 1. The average molecular weight is 316 g/mol. The van der Waals surface area contributed by atoms with Crippen molar-refractivity contribution in [2.24, 2.45) is 0 Å². The Kier molecular flexibility index (Phi) is 3.79. The molecular weight excluding hydrogens is 303 g/mol. The van der Waals surface area contributed by atoms with E-state index in [1.807, 2.05) is 37.3 Å². The van der Waals surface area contributed by atoms with Gasteiger partial charge in [0.2, 0.25) is 0 Å². The van der Waals surface area contributed by atoms with Gasteiger partial charge in [-0.2, -0.15) is 0 Å². The fraction of sp³-hybridized carbons (Fsp3) is 0.231. The van der Waals surface area contributed by atoms with Crippen LogP contribution in [0.25, 0.3) is 0 Å². The maximum Gasteiger partial charge on any atom is 0.126 e. The minimum Gasteiger partial charge on any atom is -0.496 e. The lowest BCUT2D eigenvalue weighted by molar-refractivity contribution is 0.407. The molecule has 17 heavy (non-hydrogen) atoms. The highest BCUT2D eigenvalue weighted by molar-refractivity contribution is 9.10. The molecular formula is C13H12BrClO2. The van der Waals surface area contributed by atoms with E-state index in [1.165, 1.54) is 0 Å². The largest absolute Gasteiger partial charge is 0.496 e. The quantitative estimate of drug-likeness (QED) is 0.767. The van der Waals surface area contributed by atoms with Crippen LogP contribution in [0.1, 0.15) is 22.5 Å². The van der Waals surface area contributed by atoms with Gasteiger partial charge in [0.1, 0.15) is 22.6 Å². The molecule has 4 heteroatoms. The van der Waals surface area contributed by atoms with E-state index in [4.69, 9.17) is 20.8 Å². The molecule has 0 spiro atoms. The summed E-state index contributed by atoms with van der Waals surface area (Å²) in [5.74, 6) is 2.32.